The quantitative estimate of drug-likeness (QED) is 0.740. The first-order valence-corrected chi connectivity index (χ1v) is 7.52. The highest BCUT2D eigenvalue weighted by Gasteiger charge is 2.21. The Kier molecular flexibility index (Phi) is 5.39. The molecule has 4 heteroatoms. The monoisotopic (exact) mass is 265 g/mol. The van der Waals surface area contributed by atoms with Gasteiger partial charge in [-0.15, -0.1) is 6.42 Å². The van der Waals surface area contributed by atoms with E-state index in [1.54, 1.807) is 19.1 Å². The molecule has 1 aromatic rings. The number of benzene rings is 1. The lowest BCUT2D eigenvalue weighted by Crippen LogP contribution is -2.31. The molecule has 0 aliphatic carbocycles. The number of nitrogens with zero attached hydrogens (tertiary/aromatic N) is 1. The van der Waals surface area contributed by atoms with E-state index in [-0.39, 0.29) is 6.54 Å². The van der Waals surface area contributed by atoms with Gasteiger partial charge in [0, 0.05) is 6.54 Å². The van der Waals surface area contributed by atoms with E-state index in [2.05, 4.69) is 12.8 Å². The largest absolute Gasteiger partial charge is 0.243 e. The molecule has 0 saturated heterocycles. The van der Waals surface area contributed by atoms with Gasteiger partial charge in [-0.2, -0.15) is 4.31 Å². The van der Waals surface area contributed by atoms with Crippen LogP contribution in [0.15, 0.2) is 29.2 Å². The molecule has 1 rings (SSSR count). The van der Waals surface area contributed by atoms with Crippen LogP contribution in [0.3, 0.4) is 0 Å². The van der Waals surface area contributed by atoms with Gasteiger partial charge in [0.15, 0.2) is 0 Å². The molecule has 0 radical (unpaired) electrons. The van der Waals surface area contributed by atoms with Crippen molar-refractivity contribution in [1.29, 1.82) is 0 Å². The first kappa shape index (κ1) is 14.7. The van der Waals surface area contributed by atoms with Crippen molar-refractivity contribution in [3.05, 3.63) is 29.8 Å². The van der Waals surface area contributed by atoms with Gasteiger partial charge in [0.25, 0.3) is 0 Å². The van der Waals surface area contributed by atoms with E-state index < -0.39 is 10.0 Å². The van der Waals surface area contributed by atoms with Crippen LogP contribution in [-0.2, 0) is 16.4 Å². The highest BCUT2D eigenvalue weighted by atomic mass is 32.2. The molecule has 0 heterocycles. The molecule has 18 heavy (non-hydrogen) atoms. The normalized spacial score (nSPS) is 11.4. The summed E-state index contributed by atoms with van der Waals surface area (Å²) in [5, 5.41) is 0. The lowest BCUT2D eigenvalue weighted by molar-refractivity contribution is 0.464. The van der Waals surface area contributed by atoms with E-state index in [1.165, 1.54) is 4.31 Å². The molecule has 0 spiro atoms. The van der Waals surface area contributed by atoms with Crippen LogP contribution in [0, 0.1) is 12.3 Å². The fourth-order valence-corrected chi connectivity index (χ4v) is 3.10. The molecule has 3 nitrogen and oxygen atoms in total. The van der Waals surface area contributed by atoms with E-state index in [9.17, 15) is 8.42 Å². The molecule has 1 aromatic carbocycles. The Morgan fingerprint density at radius 3 is 2.28 bits per heavy atom. The zero-order chi connectivity index (χ0) is 13.6. The number of hydrogen-bond donors (Lipinski definition) is 0. The Bertz CT molecular complexity index is 512. The maximum absolute atomic E-state index is 12.3. The van der Waals surface area contributed by atoms with Crippen LogP contribution in [0.1, 0.15) is 25.8 Å². The molecule has 0 amide bonds. The first-order chi connectivity index (χ1) is 8.56. The van der Waals surface area contributed by atoms with Gasteiger partial charge in [0.1, 0.15) is 0 Å². The Balaban J connectivity index is 3.01. The third-order valence-corrected chi connectivity index (χ3v) is 4.66. The second-order valence-electron chi connectivity index (χ2n) is 4.03. The topological polar surface area (TPSA) is 37.4 Å². The van der Waals surface area contributed by atoms with Gasteiger partial charge in [-0.1, -0.05) is 38.3 Å². The summed E-state index contributed by atoms with van der Waals surface area (Å²) in [6.07, 6.45) is 7.19. The maximum Gasteiger partial charge on any atom is 0.243 e. The van der Waals surface area contributed by atoms with Crippen LogP contribution in [-0.4, -0.2) is 25.8 Å². The molecule has 0 aliphatic rings. The summed E-state index contributed by atoms with van der Waals surface area (Å²) in [6, 6.07) is 7.03. The Morgan fingerprint density at radius 1 is 1.22 bits per heavy atom. The van der Waals surface area contributed by atoms with Crippen LogP contribution < -0.4 is 0 Å². The SMILES string of the molecule is C#CCN(CC)S(=O)(=O)c1ccc(CCC)cc1. The summed E-state index contributed by atoms with van der Waals surface area (Å²) < 4.78 is 25.8. The van der Waals surface area contributed by atoms with Gasteiger partial charge < -0.3 is 0 Å². The van der Waals surface area contributed by atoms with Crippen molar-refractivity contribution in [2.45, 2.75) is 31.6 Å². The van der Waals surface area contributed by atoms with Crippen molar-refractivity contribution in [2.75, 3.05) is 13.1 Å². The average Bonchev–Trinajstić information content (AvgIpc) is 2.36. The summed E-state index contributed by atoms with van der Waals surface area (Å²) in [5.41, 5.74) is 1.15. The van der Waals surface area contributed by atoms with Crippen molar-refractivity contribution in [3.63, 3.8) is 0 Å². The molecule has 98 valence electrons. The molecule has 0 saturated carbocycles. The molecule has 0 N–H and O–H groups in total. The number of terminal acetylenes is 1. The minimum absolute atomic E-state index is 0.107. The lowest BCUT2D eigenvalue weighted by atomic mass is 10.1. The van der Waals surface area contributed by atoms with Crippen LogP contribution in [0.4, 0.5) is 0 Å². The smallest absolute Gasteiger partial charge is 0.207 e. The molecular weight excluding hydrogens is 246 g/mol. The summed E-state index contributed by atoms with van der Waals surface area (Å²) >= 11 is 0. The maximum atomic E-state index is 12.3. The van der Waals surface area contributed by atoms with Gasteiger partial charge in [-0.3, -0.25) is 0 Å². The third kappa shape index (κ3) is 3.34. The molecule has 0 bridgehead atoms. The molecule has 0 aromatic heterocycles. The summed E-state index contributed by atoms with van der Waals surface area (Å²) in [5.74, 6) is 2.37. The summed E-state index contributed by atoms with van der Waals surface area (Å²) in [6.45, 7) is 4.36. The Labute approximate surface area is 110 Å². The van der Waals surface area contributed by atoms with E-state index >= 15 is 0 Å². The van der Waals surface area contributed by atoms with Crippen molar-refractivity contribution >= 4 is 10.0 Å². The summed E-state index contributed by atoms with van der Waals surface area (Å²) in [7, 11) is -3.45. The Morgan fingerprint density at radius 2 is 1.83 bits per heavy atom. The third-order valence-electron chi connectivity index (χ3n) is 2.72. The van der Waals surface area contributed by atoms with E-state index in [1.807, 2.05) is 12.1 Å². The second-order valence-corrected chi connectivity index (χ2v) is 5.97. The van der Waals surface area contributed by atoms with Gasteiger partial charge in [-0.25, -0.2) is 8.42 Å². The predicted octanol–water partition coefficient (Wildman–Crippen LogP) is 2.28. The number of aryl methyl sites for hydroxylation is 1. The van der Waals surface area contributed by atoms with Gasteiger partial charge >= 0.3 is 0 Å². The van der Waals surface area contributed by atoms with Crippen LogP contribution in [0.5, 0.6) is 0 Å². The van der Waals surface area contributed by atoms with E-state index in [0.717, 1.165) is 18.4 Å². The van der Waals surface area contributed by atoms with Crippen LogP contribution in [0.25, 0.3) is 0 Å². The molecular formula is C14H19NO2S. The predicted molar refractivity (Wildman–Crippen MR) is 73.7 cm³/mol. The van der Waals surface area contributed by atoms with Crippen LogP contribution in [0.2, 0.25) is 0 Å². The molecule has 0 unspecified atom stereocenters. The minimum atomic E-state index is -3.45. The minimum Gasteiger partial charge on any atom is -0.207 e. The fourth-order valence-electron chi connectivity index (χ4n) is 1.73. The fraction of sp³-hybridized carbons (Fsp3) is 0.429. The van der Waals surface area contributed by atoms with Crippen molar-refractivity contribution in [2.24, 2.45) is 0 Å². The van der Waals surface area contributed by atoms with E-state index in [0.29, 0.717) is 11.4 Å². The average molecular weight is 265 g/mol. The zero-order valence-electron chi connectivity index (χ0n) is 10.9. The van der Waals surface area contributed by atoms with Crippen LogP contribution >= 0.6 is 0 Å². The highest BCUT2D eigenvalue weighted by molar-refractivity contribution is 7.89. The van der Waals surface area contributed by atoms with Crippen molar-refractivity contribution in [1.82, 2.24) is 4.31 Å². The molecule has 0 aliphatic heterocycles. The molecule has 0 atom stereocenters. The number of sulfonamides is 1. The highest BCUT2D eigenvalue weighted by Crippen LogP contribution is 2.16. The second kappa shape index (κ2) is 6.58. The molecule has 0 fully saturated rings. The van der Waals surface area contributed by atoms with Gasteiger partial charge in [-0.05, 0) is 24.1 Å². The summed E-state index contributed by atoms with van der Waals surface area (Å²) in [4.78, 5) is 0.305. The number of hydrogen-bond acceptors (Lipinski definition) is 2. The Hall–Kier alpha value is -1.31. The first-order valence-electron chi connectivity index (χ1n) is 6.08. The van der Waals surface area contributed by atoms with Crippen molar-refractivity contribution in [3.8, 4) is 12.3 Å². The lowest BCUT2D eigenvalue weighted by Gasteiger charge is -2.17. The number of rotatable bonds is 6. The van der Waals surface area contributed by atoms with Crippen molar-refractivity contribution < 1.29 is 8.42 Å². The van der Waals surface area contributed by atoms with Gasteiger partial charge in [0.05, 0.1) is 11.4 Å². The van der Waals surface area contributed by atoms with Gasteiger partial charge in [0.2, 0.25) is 10.0 Å². The van der Waals surface area contributed by atoms with E-state index in [4.69, 9.17) is 6.42 Å². The zero-order valence-corrected chi connectivity index (χ0v) is 11.7. The standard InChI is InChI=1S/C14H19NO2S/c1-4-7-13-8-10-14(11-9-13)18(16,17)15(6-3)12-5-2/h2,8-11H,4,6-7,12H2,1,3H3.